The van der Waals surface area contributed by atoms with Gasteiger partial charge in [-0.05, 0) is 37.0 Å². The molecule has 1 saturated heterocycles. The van der Waals surface area contributed by atoms with Crippen molar-refractivity contribution in [2.45, 2.75) is 32.7 Å². The summed E-state index contributed by atoms with van der Waals surface area (Å²) in [6.45, 7) is 5.96. The maximum atomic E-state index is 12.8. The Balaban J connectivity index is 1.55. The molecule has 2 aliphatic rings. The van der Waals surface area contributed by atoms with Gasteiger partial charge in [0.1, 0.15) is 17.2 Å². The van der Waals surface area contributed by atoms with Gasteiger partial charge in [-0.3, -0.25) is 4.79 Å². The van der Waals surface area contributed by atoms with Crippen molar-refractivity contribution in [2.75, 3.05) is 35.2 Å². The molecule has 0 saturated carbocycles. The molecule has 0 spiro atoms. The number of nitrogens with zero attached hydrogens (tertiary/aromatic N) is 4. The molecule has 178 valence electrons. The summed E-state index contributed by atoms with van der Waals surface area (Å²) in [5.41, 5.74) is 1.52. The average molecular weight is 483 g/mol. The van der Waals surface area contributed by atoms with Crippen LogP contribution in [0.15, 0.2) is 29.2 Å². The van der Waals surface area contributed by atoms with E-state index in [-0.39, 0.29) is 12.2 Å². The predicted molar refractivity (Wildman–Crippen MR) is 133 cm³/mol. The Labute approximate surface area is 202 Å². The molecular weight excluding hydrogens is 456 g/mol. The fourth-order valence-corrected chi connectivity index (χ4v) is 5.03. The van der Waals surface area contributed by atoms with Gasteiger partial charge >= 0.3 is 5.97 Å². The van der Waals surface area contributed by atoms with E-state index in [4.69, 9.17) is 21.3 Å². The van der Waals surface area contributed by atoms with Crippen LogP contribution in [0.3, 0.4) is 0 Å². The monoisotopic (exact) mass is 482 g/mol. The maximum Gasteiger partial charge on any atom is 0.346 e. The van der Waals surface area contributed by atoms with Gasteiger partial charge in [0.2, 0.25) is 5.95 Å². The van der Waals surface area contributed by atoms with Gasteiger partial charge in [-0.25, -0.2) is 9.78 Å². The van der Waals surface area contributed by atoms with Crippen molar-refractivity contribution >= 4 is 51.6 Å². The van der Waals surface area contributed by atoms with Crippen molar-refractivity contribution < 1.29 is 9.53 Å². The van der Waals surface area contributed by atoms with Crippen molar-refractivity contribution in [3.63, 3.8) is 0 Å². The number of aromatic nitrogens is 3. The minimum absolute atomic E-state index is 0.0146. The molecular formula is C24H27ClN6O3. The number of nitrogens with one attached hydrogen (secondary N) is 2. The van der Waals surface area contributed by atoms with Crippen LogP contribution in [0.25, 0.3) is 10.9 Å². The van der Waals surface area contributed by atoms with Gasteiger partial charge in [0, 0.05) is 37.3 Å². The topological polar surface area (TPSA) is 101 Å². The molecule has 3 aromatic rings. The van der Waals surface area contributed by atoms with Crippen molar-refractivity contribution in [2.24, 2.45) is 13.0 Å². The highest BCUT2D eigenvalue weighted by molar-refractivity contribution is 6.33. The molecule has 0 amide bonds. The highest BCUT2D eigenvalue weighted by Gasteiger charge is 2.30. The Morgan fingerprint density at radius 2 is 2.15 bits per heavy atom. The number of fused-ring (bicyclic) bond motifs is 3. The lowest BCUT2D eigenvalue weighted by Gasteiger charge is -2.24. The number of carbonyl (C=O) groups is 1. The summed E-state index contributed by atoms with van der Waals surface area (Å²) >= 11 is 6.45. The molecule has 10 heteroatoms. The first kappa shape index (κ1) is 22.5. The number of rotatable bonds is 4. The predicted octanol–water partition coefficient (Wildman–Crippen LogP) is 3.93. The molecule has 2 N–H and O–H groups in total. The first-order valence-corrected chi connectivity index (χ1v) is 11.9. The van der Waals surface area contributed by atoms with Crippen molar-refractivity contribution in [1.29, 1.82) is 0 Å². The zero-order valence-corrected chi connectivity index (χ0v) is 20.1. The molecule has 1 aromatic carbocycles. The van der Waals surface area contributed by atoms with Gasteiger partial charge in [-0.1, -0.05) is 25.4 Å². The molecule has 4 heterocycles. The number of hydrogen-bond acceptors (Lipinski definition) is 8. The van der Waals surface area contributed by atoms with Crippen LogP contribution in [0.5, 0.6) is 0 Å². The van der Waals surface area contributed by atoms with E-state index < -0.39 is 11.5 Å². The van der Waals surface area contributed by atoms with Crippen LogP contribution in [-0.2, 0) is 11.8 Å². The van der Waals surface area contributed by atoms with E-state index in [2.05, 4.69) is 34.4 Å². The van der Waals surface area contributed by atoms with E-state index in [9.17, 15) is 9.59 Å². The van der Waals surface area contributed by atoms with E-state index in [0.717, 1.165) is 30.5 Å². The normalized spacial score (nSPS) is 20.0. The molecule has 2 unspecified atom stereocenters. The number of aryl methyl sites for hydroxylation is 1. The van der Waals surface area contributed by atoms with Crippen molar-refractivity contribution in [3.05, 3.63) is 45.3 Å². The number of pyridine rings is 1. The van der Waals surface area contributed by atoms with E-state index in [0.29, 0.717) is 46.5 Å². The van der Waals surface area contributed by atoms with Gasteiger partial charge in [-0.2, -0.15) is 4.98 Å². The quantitative estimate of drug-likeness (QED) is 0.539. The number of carbonyl (C=O) groups excluding carboxylic acids is 1. The minimum Gasteiger partial charge on any atom is -0.460 e. The van der Waals surface area contributed by atoms with E-state index in [1.54, 1.807) is 13.2 Å². The molecule has 0 aliphatic carbocycles. The largest absolute Gasteiger partial charge is 0.460 e. The van der Waals surface area contributed by atoms with Gasteiger partial charge < -0.3 is 24.8 Å². The van der Waals surface area contributed by atoms with Crippen LogP contribution >= 0.6 is 11.6 Å². The maximum absolute atomic E-state index is 12.8. The third-order valence-corrected chi connectivity index (χ3v) is 6.86. The zero-order valence-electron chi connectivity index (χ0n) is 19.4. The molecule has 5 rings (SSSR count). The Bertz CT molecular complexity index is 1340. The number of benzene rings is 1. The summed E-state index contributed by atoms with van der Waals surface area (Å²) in [7, 11) is 1.64. The van der Waals surface area contributed by atoms with Crippen LogP contribution in [-0.4, -0.2) is 46.2 Å². The second-order valence-corrected chi connectivity index (χ2v) is 9.36. The second-order valence-electron chi connectivity index (χ2n) is 8.96. The Morgan fingerprint density at radius 3 is 2.94 bits per heavy atom. The molecule has 34 heavy (non-hydrogen) atoms. The Hall–Kier alpha value is -3.33. The molecule has 2 aliphatic heterocycles. The summed E-state index contributed by atoms with van der Waals surface area (Å²) in [4.78, 5) is 36.7. The lowest BCUT2D eigenvalue weighted by Crippen LogP contribution is -2.30. The number of anilines is 4. The van der Waals surface area contributed by atoms with Crippen LogP contribution in [0.1, 0.15) is 37.0 Å². The SMILES string of the molecule is CCC1CC(C)CN1c1ncc(Cl)c(Nc2ccc3c(c2)c2c(c(=O)n3C)C(=O)OCCN2)n1. The smallest absolute Gasteiger partial charge is 0.346 e. The highest BCUT2D eigenvalue weighted by Crippen LogP contribution is 2.33. The molecule has 1 fully saturated rings. The van der Waals surface area contributed by atoms with Gasteiger partial charge in [0.05, 0.1) is 17.4 Å². The average Bonchev–Trinajstić information content (AvgIpc) is 3.10. The number of esters is 1. The first-order chi connectivity index (χ1) is 16.4. The number of ether oxygens (including phenoxy) is 1. The minimum atomic E-state index is -0.616. The second kappa shape index (κ2) is 8.79. The zero-order chi connectivity index (χ0) is 24.0. The summed E-state index contributed by atoms with van der Waals surface area (Å²) in [6.07, 6.45) is 3.77. The van der Waals surface area contributed by atoms with Crippen LogP contribution < -0.4 is 21.1 Å². The first-order valence-electron chi connectivity index (χ1n) is 11.5. The lowest BCUT2D eigenvalue weighted by atomic mass is 10.1. The van der Waals surface area contributed by atoms with Crippen LogP contribution in [0.4, 0.5) is 23.1 Å². The summed E-state index contributed by atoms with van der Waals surface area (Å²) in [6, 6.07) is 5.98. The van der Waals surface area contributed by atoms with E-state index in [1.807, 2.05) is 18.2 Å². The standard InChI is InChI=1S/C24H27ClN6O3/c1-4-15-9-13(2)12-31(15)24-27-11-17(25)21(29-24)28-14-5-6-18-16(10-14)20-19(22(32)30(18)3)23(33)34-8-7-26-20/h5-6,10-11,13,15,26H,4,7-9,12H2,1-3H3,(H,27,28,29). The number of cyclic esters (lactones) is 1. The molecule has 0 radical (unpaired) electrons. The lowest BCUT2D eigenvalue weighted by molar-refractivity contribution is 0.0527. The number of hydrogen-bond donors (Lipinski definition) is 2. The van der Waals surface area contributed by atoms with Gasteiger partial charge in [0.25, 0.3) is 5.56 Å². The Kier molecular flexibility index (Phi) is 5.81. The molecule has 2 aromatic heterocycles. The fourth-order valence-electron chi connectivity index (χ4n) is 4.89. The van der Waals surface area contributed by atoms with Crippen molar-refractivity contribution in [1.82, 2.24) is 14.5 Å². The fraction of sp³-hybridized carbons (Fsp3) is 0.417. The summed E-state index contributed by atoms with van der Waals surface area (Å²) in [5.74, 6) is 1.13. The Morgan fingerprint density at radius 1 is 1.32 bits per heavy atom. The van der Waals surface area contributed by atoms with E-state index in [1.165, 1.54) is 4.57 Å². The third-order valence-electron chi connectivity index (χ3n) is 6.58. The molecule has 0 bridgehead atoms. The number of halogens is 1. The summed E-state index contributed by atoms with van der Waals surface area (Å²) in [5, 5.41) is 7.62. The van der Waals surface area contributed by atoms with Crippen molar-refractivity contribution in [3.8, 4) is 0 Å². The van der Waals surface area contributed by atoms with Crippen LogP contribution in [0.2, 0.25) is 5.02 Å². The van der Waals surface area contributed by atoms with Crippen LogP contribution in [0, 0.1) is 5.92 Å². The van der Waals surface area contributed by atoms with Gasteiger partial charge in [0.15, 0.2) is 5.82 Å². The third kappa shape index (κ3) is 3.83. The van der Waals surface area contributed by atoms with E-state index >= 15 is 0 Å². The molecule has 9 nitrogen and oxygen atoms in total. The molecule has 2 atom stereocenters. The highest BCUT2D eigenvalue weighted by atomic mass is 35.5. The van der Waals surface area contributed by atoms with Gasteiger partial charge in [-0.15, -0.1) is 0 Å². The summed E-state index contributed by atoms with van der Waals surface area (Å²) < 4.78 is 6.63.